The Morgan fingerprint density at radius 3 is 2.43 bits per heavy atom. The van der Waals surface area contributed by atoms with Gasteiger partial charge in [-0.2, -0.15) is 9.97 Å². The van der Waals surface area contributed by atoms with Crippen molar-refractivity contribution in [3.63, 3.8) is 0 Å². The monoisotopic (exact) mass is 515 g/mol. The molecule has 198 valence electrons. The van der Waals surface area contributed by atoms with Crippen LogP contribution in [0.4, 0.5) is 20.4 Å². The first-order valence-electron chi connectivity index (χ1n) is 12.3. The first kappa shape index (κ1) is 25.3. The van der Waals surface area contributed by atoms with E-state index in [1.807, 2.05) is 19.9 Å². The van der Waals surface area contributed by atoms with Crippen LogP contribution in [-0.4, -0.2) is 95.5 Å². The van der Waals surface area contributed by atoms with E-state index in [1.54, 1.807) is 29.2 Å². The summed E-state index contributed by atoms with van der Waals surface area (Å²) in [6.07, 6.45) is -2.80. The van der Waals surface area contributed by atoms with E-state index in [1.165, 1.54) is 11.7 Å². The normalized spacial score (nSPS) is 18.2. The minimum absolute atomic E-state index is 0.0404. The number of methoxy groups -OCH3 is 1. The molecule has 12 heteroatoms. The van der Waals surface area contributed by atoms with Crippen molar-refractivity contribution in [1.29, 1.82) is 0 Å². The fourth-order valence-electron chi connectivity index (χ4n) is 4.85. The maximum absolute atomic E-state index is 14.1. The molecule has 2 aromatic heterocycles. The Kier molecular flexibility index (Phi) is 6.95. The van der Waals surface area contributed by atoms with Crippen LogP contribution in [0.3, 0.4) is 0 Å². The van der Waals surface area contributed by atoms with Gasteiger partial charge in [0.2, 0.25) is 11.9 Å². The number of nitrogens with zero attached hydrogens (tertiary/aromatic N) is 7. The van der Waals surface area contributed by atoms with Gasteiger partial charge in [-0.15, -0.1) is 0 Å². The van der Waals surface area contributed by atoms with Gasteiger partial charge in [0.15, 0.2) is 5.82 Å². The number of piperazine rings is 1. The highest BCUT2D eigenvalue weighted by atomic mass is 19.3. The maximum atomic E-state index is 14.1. The summed E-state index contributed by atoms with van der Waals surface area (Å²) in [5.41, 5.74) is 0.580. The summed E-state index contributed by atoms with van der Waals surface area (Å²) in [4.78, 5) is 31.8. The number of imidazole rings is 1. The van der Waals surface area contributed by atoms with E-state index in [0.29, 0.717) is 68.5 Å². The summed E-state index contributed by atoms with van der Waals surface area (Å²) in [5, 5.41) is 0. The first-order chi connectivity index (χ1) is 17.8. The Morgan fingerprint density at radius 2 is 1.76 bits per heavy atom. The van der Waals surface area contributed by atoms with Gasteiger partial charge in [-0.3, -0.25) is 9.36 Å². The molecule has 0 aliphatic carbocycles. The van der Waals surface area contributed by atoms with Crippen LogP contribution in [0.2, 0.25) is 0 Å². The summed E-state index contributed by atoms with van der Waals surface area (Å²) in [7, 11) is 1.50. The highest BCUT2D eigenvalue weighted by Crippen LogP contribution is 2.30. The Labute approximate surface area is 213 Å². The maximum Gasteiger partial charge on any atom is 0.296 e. The van der Waals surface area contributed by atoms with Gasteiger partial charge in [0.1, 0.15) is 18.2 Å². The van der Waals surface area contributed by atoms with Crippen molar-refractivity contribution in [3.8, 4) is 5.95 Å². The molecular weight excluding hydrogens is 484 g/mol. The molecule has 37 heavy (non-hydrogen) atoms. The number of ether oxygens (including phenoxy) is 2. The number of halogens is 2. The number of benzene rings is 1. The zero-order valence-corrected chi connectivity index (χ0v) is 21.2. The first-order valence-corrected chi connectivity index (χ1v) is 12.3. The molecule has 10 nitrogen and oxygen atoms in total. The highest BCUT2D eigenvalue weighted by Gasteiger charge is 2.31. The van der Waals surface area contributed by atoms with E-state index in [4.69, 9.17) is 19.4 Å². The second kappa shape index (κ2) is 10.2. The van der Waals surface area contributed by atoms with Crippen molar-refractivity contribution in [2.75, 3.05) is 69.4 Å². The Morgan fingerprint density at radius 1 is 1.05 bits per heavy atom. The van der Waals surface area contributed by atoms with Crippen molar-refractivity contribution < 1.29 is 23.0 Å². The van der Waals surface area contributed by atoms with E-state index < -0.39 is 12.2 Å². The molecule has 4 heterocycles. The molecular formula is C25H31F2N7O3. The van der Waals surface area contributed by atoms with E-state index in [0.717, 1.165) is 0 Å². The van der Waals surface area contributed by atoms with Crippen molar-refractivity contribution in [2.24, 2.45) is 0 Å². The third kappa shape index (κ3) is 5.21. The quantitative estimate of drug-likeness (QED) is 0.495. The summed E-state index contributed by atoms with van der Waals surface area (Å²) in [6.45, 7) is 7.91. The van der Waals surface area contributed by atoms with Crippen LogP contribution >= 0.6 is 0 Å². The van der Waals surface area contributed by atoms with Crippen LogP contribution in [-0.2, 0) is 14.3 Å². The number of amides is 1. The number of rotatable bonds is 6. The number of carbonyl (C=O) groups excluding carboxylic acids is 1. The molecule has 0 N–H and O–H groups in total. The third-order valence-electron chi connectivity index (χ3n) is 6.64. The van der Waals surface area contributed by atoms with Crippen LogP contribution in [0.1, 0.15) is 26.1 Å². The lowest BCUT2D eigenvalue weighted by atomic mass is 10.1. The smallest absolute Gasteiger partial charge is 0.296 e. The number of carbonyl (C=O) groups is 1. The fraction of sp³-hybridized carbons (Fsp3) is 0.520. The molecule has 3 aromatic rings. The van der Waals surface area contributed by atoms with Crippen LogP contribution < -0.4 is 9.80 Å². The molecule has 0 saturated carbocycles. The van der Waals surface area contributed by atoms with Crippen molar-refractivity contribution >= 4 is 28.6 Å². The van der Waals surface area contributed by atoms with Crippen LogP contribution in [0.25, 0.3) is 17.0 Å². The van der Waals surface area contributed by atoms with Crippen molar-refractivity contribution in [2.45, 2.75) is 25.9 Å². The van der Waals surface area contributed by atoms with Crippen LogP contribution in [0.5, 0.6) is 0 Å². The van der Waals surface area contributed by atoms with Gasteiger partial charge < -0.3 is 24.2 Å². The largest absolute Gasteiger partial charge is 0.375 e. The van der Waals surface area contributed by atoms with Gasteiger partial charge >= 0.3 is 0 Å². The lowest BCUT2D eigenvalue weighted by Gasteiger charge is -2.39. The molecule has 5 rings (SSSR count). The van der Waals surface area contributed by atoms with E-state index >= 15 is 0 Å². The molecule has 0 bridgehead atoms. The highest BCUT2D eigenvalue weighted by molar-refractivity contribution is 5.78. The summed E-state index contributed by atoms with van der Waals surface area (Å²) >= 11 is 0. The average molecular weight is 516 g/mol. The van der Waals surface area contributed by atoms with Gasteiger partial charge in [0, 0.05) is 52.4 Å². The molecule has 0 radical (unpaired) electrons. The summed E-state index contributed by atoms with van der Waals surface area (Å²) in [5.74, 6) is 0.918. The van der Waals surface area contributed by atoms with Gasteiger partial charge in [-0.1, -0.05) is 12.1 Å². The summed E-state index contributed by atoms with van der Waals surface area (Å²) < 4.78 is 40.4. The summed E-state index contributed by atoms with van der Waals surface area (Å²) in [6, 6.07) is 8.86. The number of hydrogen-bond acceptors (Lipinski definition) is 8. The van der Waals surface area contributed by atoms with Gasteiger partial charge in [0.25, 0.3) is 6.43 Å². The lowest BCUT2D eigenvalue weighted by Crippen LogP contribution is -2.50. The Balaban J connectivity index is 1.56. The fourth-order valence-corrected chi connectivity index (χ4v) is 4.85. The minimum Gasteiger partial charge on any atom is -0.375 e. The molecule has 2 saturated heterocycles. The molecule has 0 spiro atoms. The van der Waals surface area contributed by atoms with E-state index in [-0.39, 0.29) is 24.1 Å². The third-order valence-corrected chi connectivity index (χ3v) is 6.64. The second-order valence-corrected chi connectivity index (χ2v) is 9.81. The number of anilines is 2. The average Bonchev–Trinajstić information content (AvgIpc) is 3.28. The molecule has 1 amide bonds. The van der Waals surface area contributed by atoms with Crippen molar-refractivity contribution in [3.05, 3.63) is 36.2 Å². The van der Waals surface area contributed by atoms with E-state index in [9.17, 15) is 13.6 Å². The molecule has 2 aliphatic heterocycles. The number of para-hydroxylation sites is 2. The van der Waals surface area contributed by atoms with Crippen molar-refractivity contribution in [1.82, 2.24) is 24.4 Å². The molecule has 0 unspecified atom stereocenters. The number of hydrogen-bond donors (Lipinski definition) is 0. The molecule has 2 fully saturated rings. The zero-order valence-electron chi connectivity index (χ0n) is 21.2. The topological polar surface area (TPSA) is 88.9 Å². The SMILES string of the molecule is COCC(=O)N1CCN(c2cc(N3CCOC(C)(C)C3)nc(-n3c(C(F)F)nc4ccccc43)n2)CC1. The Hall–Kier alpha value is -3.38. The lowest BCUT2D eigenvalue weighted by molar-refractivity contribution is -0.135. The van der Waals surface area contributed by atoms with Crippen LogP contribution in [0, 0.1) is 0 Å². The number of morpholine rings is 1. The predicted molar refractivity (Wildman–Crippen MR) is 135 cm³/mol. The zero-order chi connectivity index (χ0) is 26.2. The predicted octanol–water partition coefficient (Wildman–Crippen LogP) is 2.66. The minimum atomic E-state index is -2.80. The molecule has 0 atom stereocenters. The van der Waals surface area contributed by atoms with E-state index in [2.05, 4.69) is 14.8 Å². The number of fused-ring (bicyclic) bond motifs is 1. The van der Waals surface area contributed by atoms with Gasteiger partial charge in [-0.05, 0) is 26.0 Å². The number of alkyl halides is 2. The van der Waals surface area contributed by atoms with Gasteiger partial charge in [-0.25, -0.2) is 13.8 Å². The Bertz CT molecular complexity index is 1270. The number of aromatic nitrogens is 4. The standard InChI is InChI=1S/C25H31F2N7O3/c1-25(2)16-33(12-13-37-25)20-14-19(31-8-10-32(11-9-31)21(35)15-36-3)29-24(30-20)34-18-7-5-4-6-17(18)28-23(34)22(26)27/h4-7,14,22H,8-13,15-16H2,1-3H3. The molecule has 1 aromatic carbocycles. The van der Waals surface area contributed by atoms with Gasteiger partial charge in [0.05, 0.1) is 23.2 Å². The van der Waals surface area contributed by atoms with Crippen LogP contribution in [0.15, 0.2) is 30.3 Å². The molecule has 2 aliphatic rings. The second-order valence-electron chi connectivity index (χ2n) is 9.81.